The highest BCUT2D eigenvalue weighted by Crippen LogP contribution is 2.22. The largest absolute Gasteiger partial charge is 0.468 e. The molecular weight excluding hydrogens is 328 g/mol. The van der Waals surface area contributed by atoms with Gasteiger partial charge in [0.15, 0.2) is 0 Å². The molecule has 2 aromatic heterocycles. The molecular formula is C17H14N2O4S. The number of nitriles is 1. The summed E-state index contributed by atoms with van der Waals surface area (Å²) < 4.78 is 37.8. The first-order chi connectivity index (χ1) is 11.6. The van der Waals surface area contributed by atoms with Crippen molar-refractivity contribution in [3.63, 3.8) is 0 Å². The van der Waals surface area contributed by atoms with Crippen LogP contribution in [0.4, 0.5) is 0 Å². The van der Waals surface area contributed by atoms with Crippen molar-refractivity contribution in [1.82, 2.24) is 4.31 Å². The van der Waals surface area contributed by atoms with Gasteiger partial charge in [-0.25, -0.2) is 8.42 Å². The molecule has 7 heteroatoms. The maximum Gasteiger partial charge on any atom is 0.243 e. The van der Waals surface area contributed by atoms with Gasteiger partial charge in [0.1, 0.15) is 11.5 Å². The van der Waals surface area contributed by atoms with Crippen molar-refractivity contribution >= 4 is 10.0 Å². The molecule has 122 valence electrons. The van der Waals surface area contributed by atoms with Gasteiger partial charge in [-0.2, -0.15) is 9.57 Å². The van der Waals surface area contributed by atoms with Crippen molar-refractivity contribution in [3.05, 3.63) is 78.1 Å². The fourth-order valence-corrected chi connectivity index (χ4v) is 3.67. The Bertz CT molecular complexity index is 903. The van der Waals surface area contributed by atoms with Gasteiger partial charge in [0.25, 0.3) is 0 Å². The molecule has 0 radical (unpaired) electrons. The van der Waals surface area contributed by atoms with Crippen LogP contribution in [0.25, 0.3) is 0 Å². The molecule has 0 unspecified atom stereocenters. The van der Waals surface area contributed by atoms with Crippen LogP contribution in [0.15, 0.2) is 74.8 Å². The van der Waals surface area contributed by atoms with Crippen LogP contribution in [-0.2, 0) is 23.1 Å². The van der Waals surface area contributed by atoms with Crippen LogP contribution in [-0.4, -0.2) is 12.7 Å². The maximum atomic E-state index is 13.0. The Balaban J connectivity index is 1.97. The lowest BCUT2D eigenvalue weighted by molar-refractivity contribution is 0.330. The quantitative estimate of drug-likeness (QED) is 0.687. The van der Waals surface area contributed by atoms with Gasteiger partial charge in [-0.15, -0.1) is 0 Å². The fraction of sp³-hybridized carbons (Fsp3) is 0.118. The minimum atomic E-state index is -3.82. The minimum absolute atomic E-state index is 0.0552. The molecule has 0 atom stereocenters. The first kappa shape index (κ1) is 16.1. The summed E-state index contributed by atoms with van der Waals surface area (Å²) in [6.07, 6.45) is 2.98. The number of benzene rings is 1. The third-order valence-electron chi connectivity index (χ3n) is 3.43. The lowest BCUT2D eigenvalue weighted by atomic mass is 10.2. The van der Waals surface area contributed by atoms with Crippen LogP contribution in [0.5, 0.6) is 0 Å². The molecule has 0 aliphatic heterocycles. The second kappa shape index (κ2) is 6.74. The summed E-state index contributed by atoms with van der Waals surface area (Å²) in [6.45, 7) is 0.125. The van der Waals surface area contributed by atoms with E-state index in [1.54, 1.807) is 36.4 Å². The van der Waals surface area contributed by atoms with Crippen molar-refractivity contribution in [2.45, 2.75) is 18.0 Å². The summed E-state index contributed by atoms with van der Waals surface area (Å²) in [5.74, 6) is 1.03. The van der Waals surface area contributed by atoms with Crippen LogP contribution in [0, 0.1) is 11.3 Å². The summed E-state index contributed by atoms with van der Waals surface area (Å²) in [6, 6.07) is 14.7. The highest BCUT2D eigenvalue weighted by atomic mass is 32.2. The summed E-state index contributed by atoms with van der Waals surface area (Å²) >= 11 is 0. The third-order valence-corrected chi connectivity index (χ3v) is 5.21. The van der Waals surface area contributed by atoms with E-state index in [1.807, 2.05) is 6.07 Å². The number of sulfonamides is 1. The topological polar surface area (TPSA) is 87.5 Å². The van der Waals surface area contributed by atoms with Crippen LogP contribution < -0.4 is 0 Å². The predicted molar refractivity (Wildman–Crippen MR) is 85.0 cm³/mol. The van der Waals surface area contributed by atoms with E-state index in [0.717, 1.165) is 0 Å². The molecule has 0 N–H and O–H groups in total. The Morgan fingerprint density at radius 3 is 2.08 bits per heavy atom. The highest BCUT2D eigenvalue weighted by molar-refractivity contribution is 7.89. The fourth-order valence-electron chi connectivity index (χ4n) is 2.25. The molecule has 0 saturated heterocycles. The van der Waals surface area contributed by atoms with Gasteiger partial charge in [0.05, 0.1) is 42.1 Å². The van der Waals surface area contributed by atoms with E-state index >= 15 is 0 Å². The Hall–Kier alpha value is -2.82. The number of hydrogen-bond donors (Lipinski definition) is 0. The van der Waals surface area contributed by atoms with Gasteiger partial charge < -0.3 is 8.83 Å². The average Bonchev–Trinajstić information content (AvgIpc) is 3.28. The molecule has 3 rings (SSSR count). The summed E-state index contributed by atoms with van der Waals surface area (Å²) in [7, 11) is -3.82. The Labute approximate surface area is 139 Å². The number of nitrogens with zero attached hydrogens (tertiary/aromatic N) is 2. The standard InChI is InChI=1S/C17H14N2O4S/c18-11-14-4-1-7-17(10-14)24(20,21)19(12-15-5-2-8-22-15)13-16-6-3-9-23-16/h1-10H,12-13H2. The first-order valence-corrected chi connectivity index (χ1v) is 8.58. The SMILES string of the molecule is N#Cc1cccc(S(=O)(=O)N(Cc2ccco2)Cc2ccco2)c1. The normalized spacial score (nSPS) is 11.5. The minimum Gasteiger partial charge on any atom is -0.468 e. The van der Waals surface area contributed by atoms with E-state index in [0.29, 0.717) is 11.5 Å². The molecule has 0 aliphatic carbocycles. The molecule has 0 aliphatic rings. The molecule has 0 fully saturated rings. The zero-order valence-electron chi connectivity index (χ0n) is 12.6. The van der Waals surface area contributed by atoms with Crippen LogP contribution in [0.2, 0.25) is 0 Å². The molecule has 0 bridgehead atoms. The van der Waals surface area contributed by atoms with Crippen LogP contribution in [0.3, 0.4) is 0 Å². The number of rotatable bonds is 6. The Morgan fingerprint density at radius 1 is 0.958 bits per heavy atom. The first-order valence-electron chi connectivity index (χ1n) is 7.14. The van der Waals surface area contributed by atoms with Crippen LogP contribution >= 0.6 is 0 Å². The van der Waals surface area contributed by atoms with Crippen molar-refractivity contribution in [1.29, 1.82) is 5.26 Å². The second-order valence-electron chi connectivity index (χ2n) is 5.07. The predicted octanol–water partition coefficient (Wildman–Crippen LogP) is 3.14. The molecule has 0 spiro atoms. The molecule has 1 aromatic carbocycles. The van der Waals surface area contributed by atoms with E-state index in [2.05, 4.69) is 0 Å². The lowest BCUT2D eigenvalue weighted by Gasteiger charge is -2.20. The molecule has 3 aromatic rings. The summed E-state index contributed by atoms with van der Waals surface area (Å²) in [4.78, 5) is 0.0552. The lowest BCUT2D eigenvalue weighted by Crippen LogP contribution is -2.30. The zero-order valence-corrected chi connectivity index (χ0v) is 13.4. The molecule has 0 saturated carbocycles. The molecule has 2 heterocycles. The highest BCUT2D eigenvalue weighted by Gasteiger charge is 2.27. The summed E-state index contributed by atoms with van der Waals surface area (Å²) in [5.41, 5.74) is 0.284. The Kier molecular flexibility index (Phi) is 4.51. The molecule has 0 amide bonds. The van der Waals surface area contributed by atoms with E-state index in [1.165, 1.54) is 29.0 Å². The van der Waals surface area contributed by atoms with E-state index in [4.69, 9.17) is 14.1 Å². The zero-order chi connectivity index (χ0) is 17.0. The molecule has 6 nitrogen and oxygen atoms in total. The van der Waals surface area contributed by atoms with Crippen LogP contribution in [0.1, 0.15) is 17.1 Å². The van der Waals surface area contributed by atoms with Gasteiger partial charge >= 0.3 is 0 Å². The summed E-state index contributed by atoms with van der Waals surface area (Å²) in [5, 5.41) is 8.99. The number of hydrogen-bond acceptors (Lipinski definition) is 5. The van der Waals surface area contributed by atoms with Gasteiger partial charge in [-0.05, 0) is 42.5 Å². The van der Waals surface area contributed by atoms with E-state index in [9.17, 15) is 8.42 Å². The van der Waals surface area contributed by atoms with Gasteiger partial charge in [0, 0.05) is 0 Å². The monoisotopic (exact) mass is 342 g/mol. The maximum absolute atomic E-state index is 13.0. The van der Waals surface area contributed by atoms with Crippen molar-refractivity contribution in [3.8, 4) is 6.07 Å². The van der Waals surface area contributed by atoms with Crippen molar-refractivity contribution < 1.29 is 17.3 Å². The second-order valence-corrected chi connectivity index (χ2v) is 7.01. The van der Waals surface area contributed by atoms with Gasteiger partial charge in [-0.1, -0.05) is 6.07 Å². The smallest absolute Gasteiger partial charge is 0.243 e. The number of furan rings is 2. The average molecular weight is 342 g/mol. The Morgan fingerprint density at radius 2 is 1.58 bits per heavy atom. The van der Waals surface area contributed by atoms with E-state index in [-0.39, 0.29) is 23.5 Å². The van der Waals surface area contributed by atoms with E-state index < -0.39 is 10.0 Å². The van der Waals surface area contributed by atoms with Gasteiger partial charge in [0.2, 0.25) is 10.0 Å². The van der Waals surface area contributed by atoms with Gasteiger partial charge in [-0.3, -0.25) is 0 Å². The molecule has 24 heavy (non-hydrogen) atoms. The van der Waals surface area contributed by atoms with Crippen molar-refractivity contribution in [2.24, 2.45) is 0 Å². The third kappa shape index (κ3) is 3.40. The van der Waals surface area contributed by atoms with Crippen molar-refractivity contribution in [2.75, 3.05) is 0 Å².